The molecule has 1 atom stereocenters. The lowest BCUT2D eigenvalue weighted by molar-refractivity contribution is -0.154. The van der Waals surface area contributed by atoms with Crippen LogP contribution in [0.5, 0.6) is 0 Å². The molecule has 1 aliphatic heterocycles. The minimum absolute atomic E-state index is 0.278. The van der Waals surface area contributed by atoms with Crippen molar-refractivity contribution in [1.82, 2.24) is 0 Å². The van der Waals surface area contributed by atoms with Crippen LogP contribution < -0.4 is 0 Å². The summed E-state index contributed by atoms with van der Waals surface area (Å²) in [5.41, 5.74) is 0. The lowest BCUT2D eigenvalue weighted by Crippen LogP contribution is -2.27. The summed E-state index contributed by atoms with van der Waals surface area (Å²) in [5, 5.41) is 8.85. The number of aliphatic carboxylic acids is 1. The highest BCUT2D eigenvalue weighted by molar-refractivity contribution is 5.69. The van der Waals surface area contributed by atoms with Crippen LogP contribution in [0.2, 0.25) is 0 Å². The Balaban J connectivity index is 2.34. The fourth-order valence-electron chi connectivity index (χ4n) is 1.64. The van der Waals surface area contributed by atoms with Gasteiger partial charge in [-0.05, 0) is 19.8 Å². The average Bonchev–Trinajstić information content (AvgIpc) is 2.53. The van der Waals surface area contributed by atoms with Crippen LogP contribution in [-0.2, 0) is 14.3 Å². The zero-order chi connectivity index (χ0) is 10.6. The van der Waals surface area contributed by atoms with Crippen LogP contribution in [0, 0.1) is 5.92 Å². The van der Waals surface area contributed by atoms with E-state index in [-0.39, 0.29) is 5.92 Å². The molecule has 4 nitrogen and oxygen atoms in total. The predicted octanol–water partition coefficient (Wildman–Crippen LogP) is 1.64. The monoisotopic (exact) mass is 202 g/mol. The molecule has 0 amide bonds. The molecule has 1 unspecified atom stereocenters. The summed E-state index contributed by atoms with van der Waals surface area (Å²) in [7, 11) is 0. The van der Waals surface area contributed by atoms with Crippen molar-refractivity contribution in [2.45, 2.75) is 38.9 Å². The van der Waals surface area contributed by atoms with E-state index in [0.717, 1.165) is 0 Å². The summed E-state index contributed by atoms with van der Waals surface area (Å²) in [6.07, 6.45) is 1.92. The van der Waals surface area contributed by atoms with E-state index in [1.54, 1.807) is 0 Å². The molecular formula is C10H18O4. The van der Waals surface area contributed by atoms with E-state index in [1.165, 1.54) is 0 Å². The number of hydrogen-bond donors (Lipinski definition) is 1. The summed E-state index contributed by atoms with van der Waals surface area (Å²) in [5.74, 6) is -1.56. The smallest absolute Gasteiger partial charge is 0.306 e. The zero-order valence-electron chi connectivity index (χ0n) is 8.78. The van der Waals surface area contributed by atoms with E-state index in [0.29, 0.717) is 32.5 Å². The van der Waals surface area contributed by atoms with Crippen LogP contribution in [0.1, 0.15) is 33.1 Å². The topological polar surface area (TPSA) is 55.8 Å². The van der Waals surface area contributed by atoms with Gasteiger partial charge in [0.15, 0.2) is 5.79 Å². The first-order valence-electron chi connectivity index (χ1n) is 5.08. The van der Waals surface area contributed by atoms with Crippen LogP contribution in [-0.4, -0.2) is 30.1 Å². The molecule has 0 bridgehead atoms. The van der Waals surface area contributed by atoms with Crippen molar-refractivity contribution in [3.05, 3.63) is 0 Å². The third-order valence-corrected chi connectivity index (χ3v) is 2.69. The third-order valence-electron chi connectivity index (χ3n) is 2.69. The molecule has 0 aromatic heterocycles. The first kappa shape index (κ1) is 11.5. The zero-order valence-corrected chi connectivity index (χ0v) is 8.78. The van der Waals surface area contributed by atoms with Crippen LogP contribution in [0.15, 0.2) is 0 Å². The van der Waals surface area contributed by atoms with Crippen molar-refractivity contribution in [3.8, 4) is 0 Å². The molecule has 1 aliphatic rings. The van der Waals surface area contributed by atoms with Gasteiger partial charge in [-0.1, -0.05) is 6.92 Å². The molecule has 4 heteroatoms. The molecule has 0 radical (unpaired) electrons. The lowest BCUT2D eigenvalue weighted by Gasteiger charge is -2.23. The molecule has 1 N–H and O–H groups in total. The van der Waals surface area contributed by atoms with Crippen LogP contribution in [0.25, 0.3) is 0 Å². The second-order valence-corrected chi connectivity index (χ2v) is 3.81. The Bertz CT molecular complexity index is 196. The minimum atomic E-state index is -0.728. The molecule has 0 aromatic carbocycles. The molecular weight excluding hydrogens is 184 g/mol. The van der Waals surface area contributed by atoms with Gasteiger partial charge >= 0.3 is 5.97 Å². The highest BCUT2D eigenvalue weighted by atomic mass is 16.7. The molecule has 0 aromatic rings. The van der Waals surface area contributed by atoms with E-state index in [9.17, 15) is 4.79 Å². The standard InChI is InChI=1S/C10H18O4/c1-3-8(9(11)12)4-5-10(2)13-6-7-14-10/h8H,3-7H2,1-2H3,(H,11,12). The molecule has 82 valence electrons. The first-order valence-corrected chi connectivity index (χ1v) is 5.08. The maximum absolute atomic E-state index is 10.8. The van der Waals surface area contributed by atoms with Crippen molar-refractivity contribution in [2.24, 2.45) is 5.92 Å². The maximum atomic E-state index is 10.8. The lowest BCUT2D eigenvalue weighted by atomic mass is 9.98. The van der Waals surface area contributed by atoms with Crippen molar-refractivity contribution in [2.75, 3.05) is 13.2 Å². The van der Waals surface area contributed by atoms with Gasteiger partial charge in [-0.25, -0.2) is 0 Å². The SMILES string of the molecule is CCC(CCC1(C)OCCO1)C(=O)O. The van der Waals surface area contributed by atoms with Gasteiger partial charge in [0.05, 0.1) is 19.1 Å². The Labute approximate surface area is 84.2 Å². The normalized spacial score (nSPS) is 22.1. The fraction of sp³-hybridized carbons (Fsp3) is 0.900. The highest BCUT2D eigenvalue weighted by Crippen LogP contribution is 2.26. The quantitative estimate of drug-likeness (QED) is 0.736. The molecule has 1 saturated heterocycles. The van der Waals surface area contributed by atoms with Crippen molar-refractivity contribution in [1.29, 1.82) is 0 Å². The molecule has 1 rings (SSSR count). The van der Waals surface area contributed by atoms with E-state index in [1.807, 2.05) is 13.8 Å². The molecule has 0 saturated carbocycles. The van der Waals surface area contributed by atoms with E-state index >= 15 is 0 Å². The largest absolute Gasteiger partial charge is 0.481 e. The average molecular weight is 202 g/mol. The summed E-state index contributed by atoms with van der Waals surface area (Å²) in [4.78, 5) is 10.8. The molecule has 0 spiro atoms. The summed E-state index contributed by atoms with van der Waals surface area (Å²) in [6.45, 7) is 4.98. The van der Waals surface area contributed by atoms with Crippen molar-refractivity contribution in [3.63, 3.8) is 0 Å². The van der Waals surface area contributed by atoms with Crippen LogP contribution in [0.3, 0.4) is 0 Å². The number of carbonyl (C=O) groups is 1. The van der Waals surface area contributed by atoms with Gasteiger partial charge in [0.25, 0.3) is 0 Å². The molecule has 1 heterocycles. The number of carboxylic acids is 1. The van der Waals surface area contributed by atoms with Gasteiger partial charge in [-0.2, -0.15) is 0 Å². The second-order valence-electron chi connectivity index (χ2n) is 3.81. The minimum Gasteiger partial charge on any atom is -0.481 e. The fourth-order valence-corrected chi connectivity index (χ4v) is 1.64. The Morgan fingerprint density at radius 3 is 2.50 bits per heavy atom. The van der Waals surface area contributed by atoms with Crippen LogP contribution in [0.4, 0.5) is 0 Å². The van der Waals surface area contributed by atoms with E-state index in [2.05, 4.69) is 0 Å². The molecule has 0 aliphatic carbocycles. The van der Waals surface area contributed by atoms with Crippen molar-refractivity contribution >= 4 is 5.97 Å². The summed E-state index contributed by atoms with van der Waals surface area (Å²) < 4.78 is 10.8. The van der Waals surface area contributed by atoms with Gasteiger partial charge in [-0.15, -0.1) is 0 Å². The van der Waals surface area contributed by atoms with Gasteiger partial charge < -0.3 is 14.6 Å². The molecule has 14 heavy (non-hydrogen) atoms. The van der Waals surface area contributed by atoms with Gasteiger partial charge in [0.2, 0.25) is 0 Å². The second kappa shape index (κ2) is 4.75. The van der Waals surface area contributed by atoms with Crippen LogP contribution >= 0.6 is 0 Å². The highest BCUT2D eigenvalue weighted by Gasteiger charge is 2.32. The van der Waals surface area contributed by atoms with Gasteiger partial charge in [0, 0.05) is 6.42 Å². The van der Waals surface area contributed by atoms with E-state index < -0.39 is 11.8 Å². The number of rotatable bonds is 5. The summed E-state index contributed by atoms with van der Waals surface area (Å²) >= 11 is 0. The van der Waals surface area contributed by atoms with Crippen molar-refractivity contribution < 1.29 is 19.4 Å². The number of carboxylic acid groups (broad SMARTS) is 1. The molecule has 1 fully saturated rings. The Kier molecular flexibility index (Phi) is 3.89. The third kappa shape index (κ3) is 2.96. The number of ether oxygens (including phenoxy) is 2. The number of hydrogen-bond acceptors (Lipinski definition) is 3. The Hall–Kier alpha value is -0.610. The van der Waals surface area contributed by atoms with Gasteiger partial charge in [-0.3, -0.25) is 4.79 Å². The van der Waals surface area contributed by atoms with E-state index in [4.69, 9.17) is 14.6 Å². The Morgan fingerprint density at radius 2 is 2.07 bits per heavy atom. The predicted molar refractivity (Wildman–Crippen MR) is 51.0 cm³/mol. The first-order chi connectivity index (χ1) is 6.57. The Morgan fingerprint density at radius 1 is 1.50 bits per heavy atom. The summed E-state index contributed by atoms with van der Waals surface area (Å²) in [6, 6.07) is 0. The van der Waals surface area contributed by atoms with Gasteiger partial charge in [0.1, 0.15) is 0 Å². The maximum Gasteiger partial charge on any atom is 0.306 e.